The lowest BCUT2D eigenvalue weighted by Gasteiger charge is -2.32. The molecule has 2 aromatic heterocycles. The normalized spacial score (nSPS) is 20.8. The van der Waals surface area contributed by atoms with Gasteiger partial charge in [-0.2, -0.15) is 0 Å². The van der Waals surface area contributed by atoms with Crippen LogP contribution in [0.2, 0.25) is 0 Å². The maximum Gasteiger partial charge on any atom is 0.495 e. The summed E-state index contributed by atoms with van der Waals surface area (Å²) in [6, 6.07) is 2.03. The minimum atomic E-state index is -0.359. The van der Waals surface area contributed by atoms with Crippen molar-refractivity contribution in [3.8, 4) is 0 Å². The molecule has 0 aliphatic carbocycles. The summed E-state index contributed by atoms with van der Waals surface area (Å²) in [7, 11) is -0.359. The van der Waals surface area contributed by atoms with Gasteiger partial charge in [0.05, 0.1) is 11.2 Å². The van der Waals surface area contributed by atoms with Gasteiger partial charge in [0.2, 0.25) is 0 Å². The molecular weight excluding hydrogens is 253 g/mol. The molecule has 0 saturated carbocycles. The molecule has 106 valence electrons. The SMILES string of the molecule is Cc1c(B2OC(C)(C)C(C)(C)O2)ccn2c(C)nnc12. The lowest BCUT2D eigenvalue weighted by molar-refractivity contribution is 0.00578. The molecule has 0 N–H and O–H groups in total. The summed E-state index contributed by atoms with van der Waals surface area (Å²) < 4.78 is 14.2. The summed E-state index contributed by atoms with van der Waals surface area (Å²) in [5, 5.41) is 8.34. The Morgan fingerprint density at radius 3 is 2.25 bits per heavy atom. The Kier molecular flexibility index (Phi) is 2.75. The van der Waals surface area contributed by atoms with Crippen molar-refractivity contribution in [3.63, 3.8) is 0 Å². The molecule has 2 aromatic rings. The van der Waals surface area contributed by atoms with E-state index in [1.165, 1.54) is 0 Å². The van der Waals surface area contributed by atoms with Crippen LogP contribution in [0.25, 0.3) is 5.65 Å². The molecular formula is C14H20BN3O2. The molecule has 1 aliphatic heterocycles. The van der Waals surface area contributed by atoms with Crippen LogP contribution < -0.4 is 5.46 Å². The number of nitrogens with zero attached hydrogens (tertiary/aromatic N) is 3. The van der Waals surface area contributed by atoms with Crippen molar-refractivity contribution in [3.05, 3.63) is 23.7 Å². The molecule has 3 rings (SSSR count). The number of hydrogen-bond donors (Lipinski definition) is 0. The molecule has 0 spiro atoms. The van der Waals surface area contributed by atoms with Crippen LogP contribution in [0.15, 0.2) is 12.3 Å². The van der Waals surface area contributed by atoms with Gasteiger partial charge in [0.1, 0.15) is 5.82 Å². The van der Waals surface area contributed by atoms with Gasteiger partial charge in [-0.1, -0.05) is 0 Å². The summed E-state index contributed by atoms with van der Waals surface area (Å²) in [5.74, 6) is 0.878. The van der Waals surface area contributed by atoms with E-state index in [0.29, 0.717) is 0 Å². The molecule has 6 heteroatoms. The second-order valence-corrected chi connectivity index (χ2v) is 6.43. The molecule has 0 unspecified atom stereocenters. The molecule has 1 fully saturated rings. The average molecular weight is 273 g/mol. The van der Waals surface area contributed by atoms with Crippen molar-refractivity contribution in [2.24, 2.45) is 0 Å². The Balaban J connectivity index is 2.06. The fourth-order valence-corrected chi connectivity index (χ4v) is 2.44. The zero-order chi connectivity index (χ0) is 14.7. The van der Waals surface area contributed by atoms with Crippen LogP contribution in [-0.4, -0.2) is 32.9 Å². The summed E-state index contributed by atoms with van der Waals surface area (Å²) in [6.07, 6.45) is 1.97. The second-order valence-electron chi connectivity index (χ2n) is 6.43. The summed E-state index contributed by atoms with van der Waals surface area (Å²) >= 11 is 0. The standard InChI is InChI=1S/C14H20BN3O2/c1-9-11(7-8-18-10(2)16-17-12(9)18)15-19-13(3,4)14(5,6)20-15/h7-8H,1-6H3. The number of hydrogen-bond acceptors (Lipinski definition) is 4. The van der Waals surface area contributed by atoms with Gasteiger partial charge < -0.3 is 9.31 Å². The molecule has 1 saturated heterocycles. The predicted octanol–water partition coefficient (Wildman–Crippen LogP) is 1.65. The van der Waals surface area contributed by atoms with E-state index < -0.39 is 0 Å². The first-order valence-corrected chi connectivity index (χ1v) is 6.89. The van der Waals surface area contributed by atoms with Gasteiger partial charge in [0.25, 0.3) is 0 Å². The van der Waals surface area contributed by atoms with E-state index >= 15 is 0 Å². The van der Waals surface area contributed by atoms with Crippen LogP contribution in [0.5, 0.6) is 0 Å². The molecule has 0 atom stereocenters. The van der Waals surface area contributed by atoms with Crippen LogP contribution >= 0.6 is 0 Å². The third-order valence-corrected chi connectivity index (χ3v) is 4.55. The molecule has 0 aromatic carbocycles. The molecule has 20 heavy (non-hydrogen) atoms. The Morgan fingerprint density at radius 1 is 1.05 bits per heavy atom. The first-order valence-electron chi connectivity index (χ1n) is 6.89. The van der Waals surface area contributed by atoms with Crippen LogP contribution in [0.3, 0.4) is 0 Å². The Morgan fingerprint density at radius 2 is 1.65 bits per heavy atom. The largest absolute Gasteiger partial charge is 0.495 e. The maximum atomic E-state index is 6.11. The molecule has 5 nitrogen and oxygen atoms in total. The monoisotopic (exact) mass is 273 g/mol. The highest BCUT2D eigenvalue weighted by molar-refractivity contribution is 6.62. The van der Waals surface area contributed by atoms with Crippen LogP contribution in [0.1, 0.15) is 39.1 Å². The minimum absolute atomic E-state index is 0.334. The number of pyridine rings is 1. The fraction of sp³-hybridized carbons (Fsp3) is 0.571. The number of aryl methyl sites for hydroxylation is 2. The number of rotatable bonds is 1. The van der Waals surface area contributed by atoms with Gasteiger partial charge in [-0.25, -0.2) is 0 Å². The Bertz CT molecular complexity index is 662. The maximum absolute atomic E-state index is 6.11. The lowest BCUT2D eigenvalue weighted by atomic mass is 9.77. The van der Waals surface area contributed by atoms with E-state index in [2.05, 4.69) is 37.9 Å². The average Bonchev–Trinajstić information content (AvgIpc) is 2.79. The van der Waals surface area contributed by atoms with E-state index in [-0.39, 0.29) is 18.3 Å². The third-order valence-electron chi connectivity index (χ3n) is 4.55. The quantitative estimate of drug-likeness (QED) is 0.741. The Labute approximate surface area is 119 Å². The highest BCUT2D eigenvalue weighted by atomic mass is 16.7. The van der Waals surface area contributed by atoms with E-state index in [0.717, 1.165) is 22.5 Å². The first-order chi connectivity index (χ1) is 9.23. The van der Waals surface area contributed by atoms with Gasteiger partial charge in [0, 0.05) is 6.20 Å². The molecule has 0 bridgehead atoms. The van der Waals surface area contributed by atoms with Gasteiger partial charge >= 0.3 is 7.12 Å². The molecule has 0 amide bonds. The Hall–Kier alpha value is -1.40. The lowest BCUT2D eigenvalue weighted by Crippen LogP contribution is -2.41. The zero-order valence-electron chi connectivity index (χ0n) is 12.9. The van der Waals surface area contributed by atoms with Crippen LogP contribution in [-0.2, 0) is 9.31 Å². The van der Waals surface area contributed by atoms with Gasteiger partial charge in [0.15, 0.2) is 5.65 Å². The smallest absolute Gasteiger partial charge is 0.399 e. The fourth-order valence-electron chi connectivity index (χ4n) is 2.44. The summed E-state index contributed by atoms with van der Waals surface area (Å²) in [5.41, 5.74) is 2.25. The highest BCUT2D eigenvalue weighted by Gasteiger charge is 2.52. The molecule has 1 aliphatic rings. The van der Waals surface area contributed by atoms with E-state index in [1.807, 2.05) is 30.5 Å². The minimum Gasteiger partial charge on any atom is -0.399 e. The van der Waals surface area contributed by atoms with Gasteiger partial charge in [-0.15, -0.1) is 10.2 Å². The van der Waals surface area contributed by atoms with Crippen molar-refractivity contribution in [2.75, 3.05) is 0 Å². The second kappa shape index (κ2) is 4.05. The zero-order valence-corrected chi connectivity index (χ0v) is 12.9. The molecule has 0 radical (unpaired) electrons. The number of fused-ring (bicyclic) bond motifs is 1. The highest BCUT2D eigenvalue weighted by Crippen LogP contribution is 2.36. The van der Waals surface area contributed by atoms with Crippen molar-refractivity contribution in [1.82, 2.24) is 14.6 Å². The predicted molar refractivity (Wildman–Crippen MR) is 78.2 cm³/mol. The van der Waals surface area contributed by atoms with Crippen LogP contribution in [0.4, 0.5) is 0 Å². The van der Waals surface area contributed by atoms with Crippen molar-refractivity contribution < 1.29 is 9.31 Å². The van der Waals surface area contributed by atoms with Gasteiger partial charge in [-0.05, 0) is 58.6 Å². The van der Waals surface area contributed by atoms with Gasteiger partial charge in [-0.3, -0.25) is 4.40 Å². The third kappa shape index (κ3) is 1.78. The van der Waals surface area contributed by atoms with E-state index in [1.54, 1.807) is 0 Å². The number of aromatic nitrogens is 3. The summed E-state index contributed by atoms with van der Waals surface area (Å²) in [4.78, 5) is 0. The molecule has 3 heterocycles. The van der Waals surface area contributed by atoms with E-state index in [9.17, 15) is 0 Å². The summed E-state index contributed by atoms with van der Waals surface area (Å²) in [6.45, 7) is 12.2. The first kappa shape index (κ1) is 13.6. The topological polar surface area (TPSA) is 48.7 Å². The van der Waals surface area contributed by atoms with Crippen molar-refractivity contribution in [1.29, 1.82) is 0 Å². The van der Waals surface area contributed by atoms with Crippen molar-refractivity contribution in [2.45, 2.75) is 52.7 Å². The van der Waals surface area contributed by atoms with Crippen molar-refractivity contribution >= 4 is 18.2 Å². The van der Waals surface area contributed by atoms with E-state index in [4.69, 9.17) is 9.31 Å². The van der Waals surface area contributed by atoms with Crippen LogP contribution in [0, 0.1) is 13.8 Å².